The van der Waals surface area contributed by atoms with E-state index in [1.807, 2.05) is 0 Å². The van der Waals surface area contributed by atoms with Crippen LogP contribution in [0.3, 0.4) is 0 Å². The Kier molecular flexibility index (Phi) is 3.90. The van der Waals surface area contributed by atoms with Gasteiger partial charge in [0.1, 0.15) is 0 Å². The molecule has 1 aromatic carbocycles. The molecule has 0 saturated heterocycles. The third-order valence-electron chi connectivity index (χ3n) is 1.66. The first-order valence-corrected chi connectivity index (χ1v) is 4.67. The van der Waals surface area contributed by atoms with Gasteiger partial charge < -0.3 is 5.73 Å². The van der Waals surface area contributed by atoms with Crippen LogP contribution in [-0.4, -0.2) is 17.6 Å². The number of carbonyl (C=O) groups excluding carboxylic acids is 2. The third kappa shape index (κ3) is 3.45. The van der Waals surface area contributed by atoms with Crippen molar-refractivity contribution < 1.29 is 9.59 Å². The SMILES string of the molecule is NC(=O)C#Cc1ccc(C(=O)CCl)cc1. The summed E-state index contributed by atoms with van der Waals surface area (Å²) in [7, 11) is 0. The molecule has 1 amide bonds. The summed E-state index contributed by atoms with van der Waals surface area (Å²) in [4.78, 5) is 21.5. The number of alkyl halides is 1. The van der Waals surface area contributed by atoms with Gasteiger partial charge in [-0.1, -0.05) is 18.1 Å². The molecule has 1 aromatic rings. The Bertz CT molecular complexity index is 440. The fourth-order valence-electron chi connectivity index (χ4n) is 0.950. The second-order valence-corrected chi connectivity index (χ2v) is 3.02. The van der Waals surface area contributed by atoms with Gasteiger partial charge in [0.05, 0.1) is 5.88 Å². The molecule has 3 nitrogen and oxygen atoms in total. The zero-order valence-corrected chi connectivity index (χ0v) is 8.54. The quantitative estimate of drug-likeness (QED) is 0.459. The lowest BCUT2D eigenvalue weighted by atomic mass is 10.1. The van der Waals surface area contributed by atoms with Crippen LogP contribution in [-0.2, 0) is 4.79 Å². The van der Waals surface area contributed by atoms with Crippen LogP contribution in [0.1, 0.15) is 15.9 Å². The number of hydrogen-bond acceptors (Lipinski definition) is 2. The standard InChI is InChI=1S/C11H8ClNO2/c12-7-10(14)9-4-1-8(2-5-9)3-6-11(13)15/h1-2,4-5H,7H2,(H2,13,15). The number of halogens is 1. The molecule has 0 aliphatic heterocycles. The van der Waals surface area contributed by atoms with Gasteiger partial charge in [0.2, 0.25) is 0 Å². The Hall–Kier alpha value is -1.79. The minimum Gasteiger partial charge on any atom is -0.359 e. The molecule has 0 radical (unpaired) electrons. The maximum absolute atomic E-state index is 11.1. The number of carbonyl (C=O) groups is 2. The van der Waals surface area contributed by atoms with Crippen LogP contribution in [0.2, 0.25) is 0 Å². The highest BCUT2D eigenvalue weighted by atomic mass is 35.5. The molecule has 0 atom stereocenters. The predicted octanol–water partition coefficient (Wildman–Crippen LogP) is 0.945. The molecule has 0 aromatic heterocycles. The van der Waals surface area contributed by atoms with E-state index in [9.17, 15) is 9.59 Å². The van der Waals surface area contributed by atoms with Gasteiger partial charge >= 0.3 is 0 Å². The van der Waals surface area contributed by atoms with Gasteiger partial charge in [-0.15, -0.1) is 11.6 Å². The van der Waals surface area contributed by atoms with E-state index in [4.69, 9.17) is 17.3 Å². The van der Waals surface area contributed by atoms with E-state index in [-0.39, 0.29) is 11.7 Å². The number of benzene rings is 1. The van der Waals surface area contributed by atoms with Crippen molar-refractivity contribution in [1.82, 2.24) is 0 Å². The minimum atomic E-state index is -0.684. The summed E-state index contributed by atoms with van der Waals surface area (Å²) in [5, 5.41) is 0. The zero-order chi connectivity index (χ0) is 11.3. The molecule has 1 rings (SSSR count). The van der Waals surface area contributed by atoms with Gasteiger partial charge in [-0.3, -0.25) is 9.59 Å². The second-order valence-electron chi connectivity index (χ2n) is 2.75. The summed E-state index contributed by atoms with van der Waals surface area (Å²) in [5.41, 5.74) is 6.00. The molecule has 0 saturated carbocycles. The minimum absolute atomic E-state index is 0.0493. The first-order chi connectivity index (χ1) is 7.13. The van der Waals surface area contributed by atoms with Crippen molar-refractivity contribution in [3.05, 3.63) is 35.4 Å². The summed E-state index contributed by atoms with van der Waals surface area (Å²) in [6.07, 6.45) is 0. The van der Waals surface area contributed by atoms with Crippen molar-refractivity contribution in [2.75, 3.05) is 5.88 Å². The third-order valence-corrected chi connectivity index (χ3v) is 1.90. The molecule has 76 valence electrons. The molecule has 2 N–H and O–H groups in total. The van der Waals surface area contributed by atoms with Crippen molar-refractivity contribution in [1.29, 1.82) is 0 Å². The average molecular weight is 222 g/mol. The van der Waals surface area contributed by atoms with E-state index in [1.165, 1.54) is 0 Å². The lowest BCUT2D eigenvalue weighted by molar-refractivity contribution is -0.112. The molecule has 0 heterocycles. The molecule has 0 aliphatic carbocycles. The molecule has 0 unspecified atom stereocenters. The van der Waals surface area contributed by atoms with E-state index >= 15 is 0 Å². The van der Waals surface area contributed by atoms with Crippen molar-refractivity contribution >= 4 is 23.3 Å². The topological polar surface area (TPSA) is 60.2 Å². The number of hydrogen-bond donors (Lipinski definition) is 1. The maximum Gasteiger partial charge on any atom is 0.293 e. The van der Waals surface area contributed by atoms with Gasteiger partial charge in [-0.2, -0.15) is 0 Å². The summed E-state index contributed by atoms with van der Waals surface area (Å²) in [6, 6.07) is 6.48. The van der Waals surface area contributed by atoms with E-state index in [1.54, 1.807) is 24.3 Å². The number of primary amides is 1. The fraction of sp³-hybridized carbons (Fsp3) is 0.0909. The largest absolute Gasteiger partial charge is 0.359 e. The second kappa shape index (κ2) is 5.18. The number of ketones is 1. The molecular weight excluding hydrogens is 214 g/mol. The lowest BCUT2D eigenvalue weighted by Gasteiger charge is -1.96. The first kappa shape index (κ1) is 11.3. The smallest absolute Gasteiger partial charge is 0.293 e. The summed E-state index contributed by atoms with van der Waals surface area (Å²) in [6.45, 7) is 0. The van der Waals surface area contributed by atoms with Gasteiger partial charge in [0.15, 0.2) is 5.78 Å². The highest BCUT2D eigenvalue weighted by molar-refractivity contribution is 6.30. The predicted molar refractivity (Wildman–Crippen MR) is 57.6 cm³/mol. The van der Waals surface area contributed by atoms with Gasteiger partial charge in [0.25, 0.3) is 5.91 Å². The molecule has 0 bridgehead atoms. The van der Waals surface area contributed by atoms with Crippen molar-refractivity contribution in [2.45, 2.75) is 0 Å². The fourth-order valence-corrected chi connectivity index (χ4v) is 1.10. The van der Waals surface area contributed by atoms with Crippen LogP contribution in [0.5, 0.6) is 0 Å². The Morgan fingerprint density at radius 1 is 1.27 bits per heavy atom. The van der Waals surface area contributed by atoms with Crippen molar-refractivity contribution in [2.24, 2.45) is 5.73 Å². The summed E-state index contributed by atoms with van der Waals surface area (Å²) in [5.74, 6) is 3.88. The van der Waals surface area contributed by atoms with E-state index in [2.05, 4.69) is 11.8 Å². The number of amides is 1. The molecule has 0 fully saturated rings. The van der Waals surface area contributed by atoms with E-state index in [0.717, 1.165) is 0 Å². The van der Waals surface area contributed by atoms with Crippen LogP contribution in [0, 0.1) is 11.8 Å². The van der Waals surface area contributed by atoms with Crippen LogP contribution >= 0.6 is 11.6 Å². The maximum atomic E-state index is 11.1. The molecule has 0 spiro atoms. The number of nitrogens with two attached hydrogens (primary N) is 1. The molecule has 15 heavy (non-hydrogen) atoms. The van der Waals surface area contributed by atoms with Gasteiger partial charge in [0, 0.05) is 11.1 Å². The summed E-state index contributed by atoms with van der Waals surface area (Å²) < 4.78 is 0. The van der Waals surface area contributed by atoms with Crippen LogP contribution in [0.25, 0.3) is 0 Å². The molecule has 4 heteroatoms. The number of Topliss-reactive ketones (excluding diaryl/α,β-unsaturated/α-hetero) is 1. The van der Waals surface area contributed by atoms with E-state index < -0.39 is 5.91 Å². The zero-order valence-electron chi connectivity index (χ0n) is 7.79. The molecular formula is C11H8ClNO2. The van der Waals surface area contributed by atoms with Gasteiger partial charge in [-0.25, -0.2) is 0 Å². The summed E-state index contributed by atoms with van der Waals surface area (Å²) >= 11 is 5.39. The Labute approximate surface area is 92.2 Å². The normalized spacial score (nSPS) is 8.87. The Balaban J connectivity index is 2.87. The van der Waals surface area contributed by atoms with Crippen LogP contribution < -0.4 is 5.73 Å². The average Bonchev–Trinajstić information content (AvgIpc) is 2.26. The van der Waals surface area contributed by atoms with Crippen molar-refractivity contribution in [3.63, 3.8) is 0 Å². The monoisotopic (exact) mass is 221 g/mol. The molecule has 0 aliphatic rings. The highest BCUT2D eigenvalue weighted by Gasteiger charge is 2.02. The van der Waals surface area contributed by atoms with Gasteiger partial charge in [-0.05, 0) is 18.1 Å². The number of rotatable bonds is 2. The highest BCUT2D eigenvalue weighted by Crippen LogP contribution is 2.04. The Morgan fingerprint density at radius 2 is 1.87 bits per heavy atom. The first-order valence-electron chi connectivity index (χ1n) is 4.14. The van der Waals surface area contributed by atoms with Crippen LogP contribution in [0.15, 0.2) is 24.3 Å². The van der Waals surface area contributed by atoms with Crippen LogP contribution in [0.4, 0.5) is 0 Å². The van der Waals surface area contributed by atoms with Crippen molar-refractivity contribution in [3.8, 4) is 11.8 Å². The lowest BCUT2D eigenvalue weighted by Crippen LogP contribution is -2.06. The van der Waals surface area contributed by atoms with E-state index in [0.29, 0.717) is 11.1 Å². The Morgan fingerprint density at radius 3 is 2.33 bits per heavy atom.